The number of anilines is 1. The van der Waals surface area contributed by atoms with E-state index in [0.717, 1.165) is 29.7 Å². The van der Waals surface area contributed by atoms with Gasteiger partial charge in [0, 0.05) is 10.9 Å². The first-order chi connectivity index (χ1) is 12.9. The van der Waals surface area contributed by atoms with Gasteiger partial charge in [0.15, 0.2) is 0 Å². The first kappa shape index (κ1) is 19.0. The van der Waals surface area contributed by atoms with Gasteiger partial charge < -0.3 is 10.1 Å². The van der Waals surface area contributed by atoms with Crippen molar-refractivity contribution in [2.24, 2.45) is 5.92 Å². The van der Waals surface area contributed by atoms with Gasteiger partial charge in [0.1, 0.15) is 10.6 Å². The number of para-hydroxylation sites is 1. The molecule has 0 radical (unpaired) electrons. The molecule has 0 saturated heterocycles. The summed E-state index contributed by atoms with van der Waals surface area (Å²) in [6, 6.07) is 5.74. The van der Waals surface area contributed by atoms with Crippen LogP contribution < -0.4 is 5.32 Å². The molecule has 3 rings (SSSR count). The molecule has 1 atom stereocenters. The van der Waals surface area contributed by atoms with E-state index < -0.39 is 16.8 Å². The molecule has 1 amide bonds. The van der Waals surface area contributed by atoms with Gasteiger partial charge in [0.2, 0.25) is 0 Å². The number of nitro benzene ring substituents is 1. The average molecular weight is 388 g/mol. The number of amides is 1. The van der Waals surface area contributed by atoms with Crippen molar-refractivity contribution in [1.82, 2.24) is 0 Å². The standard InChI is InChI=1S/C19H20N2O5S/c1-3-26-19(23)16-13-9-8-11(2)10-15(13)27-18(16)20-17(22)12-6-4-5-7-14(12)21(24)25/h4-7,11H,3,8-10H2,1-2H3,(H,20,22)/t11-/m0/s1. The average Bonchev–Trinajstić information content (AvgIpc) is 2.98. The summed E-state index contributed by atoms with van der Waals surface area (Å²) in [6.45, 7) is 4.11. The predicted molar refractivity (Wildman–Crippen MR) is 103 cm³/mol. The zero-order valence-electron chi connectivity index (χ0n) is 15.1. The Bertz CT molecular complexity index is 906. The van der Waals surface area contributed by atoms with Crippen LogP contribution in [0.1, 0.15) is 51.4 Å². The molecule has 0 bridgehead atoms. The summed E-state index contributed by atoms with van der Waals surface area (Å²) in [5, 5.41) is 14.3. The molecule has 0 spiro atoms. The van der Waals surface area contributed by atoms with Gasteiger partial charge in [-0.05, 0) is 43.7 Å². The summed E-state index contributed by atoms with van der Waals surface area (Å²) < 4.78 is 5.18. The number of hydrogen-bond acceptors (Lipinski definition) is 6. The molecule has 142 valence electrons. The Morgan fingerprint density at radius 1 is 1.37 bits per heavy atom. The maximum Gasteiger partial charge on any atom is 0.341 e. The van der Waals surface area contributed by atoms with Gasteiger partial charge in [0.05, 0.1) is 17.1 Å². The fourth-order valence-corrected chi connectivity index (χ4v) is 4.65. The van der Waals surface area contributed by atoms with E-state index in [1.165, 1.54) is 29.5 Å². The predicted octanol–water partition coefficient (Wildman–Crippen LogP) is 4.21. The zero-order valence-corrected chi connectivity index (χ0v) is 15.9. The van der Waals surface area contributed by atoms with Crippen molar-refractivity contribution in [1.29, 1.82) is 0 Å². The van der Waals surface area contributed by atoms with Gasteiger partial charge in [-0.15, -0.1) is 11.3 Å². The van der Waals surface area contributed by atoms with Crippen molar-refractivity contribution >= 4 is 33.9 Å². The Hall–Kier alpha value is -2.74. The number of carbonyl (C=O) groups is 2. The summed E-state index contributed by atoms with van der Waals surface area (Å²) in [6.07, 6.45) is 2.56. The zero-order chi connectivity index (χ0) is 19.6. The molecule has 8 heteroatoms. The van der Waals surface area contributed by atoms with Crippen LogP contribution in [0.2, 0.25) is 0 Å². The van der Waals surface area contributed by atoms with Gasteiger partial charge in [0.25, 0.3) is 11.6 Å². The van der Waals surface area contributed by atoms with E-state index in [1.54, 1.807) is 13.0 Å². The summed E-state index contributed by atoms with van der Waals surface area (Å²) in [5.74, 6) is -0.577. The highest BCUT2D eigenvalue weighted by Gasteiger charge is 2.30. The number of ether oxygens (including phenoxy) is 1. The molecule has 27 heavy (non-hydrogen) atoms. The highest BCUT2D eigenvalue weighted by molar-refractivity contribution is 7.17. The van der Waals surface area contributed by atoms with Gasteiger partial charge in [-0.25, -0.2) is 4.79 Å². The summed E-state index contributed by atoms with van der Waals surface area (Å²) in [7, 11) is 0. The number of nitrogens with zero attached hydrogens (tertiary/aromatic N) is 1. The molecular weight excluding hydrogens is 368 g/mol. The molecule has 2 aromatic rings. The second-order valence-electron chi connectivity index (χ2n) is 6.50. The van der Waals surface area contributed by atoms with E-state index in [0.29, 0.717) is 16.5 Å². The first-order valence-electron chi connectivity index (χ1n) is 8.78. The Labute approximate surface area is 160 Å². The number of carbonyl (C=O) groups excluding carboxylic acids is 2. The quantitative estimate of drug-likeness (QED) is 0.470. The SMILES string of the molecule is CCOC(=O)c1c(NC(=O)c2ccccc2[N+](=O)[O-])sc2c1CC[C@H](C)C2. The molecule has 1 aliphatic carbocycles. The van der Waals surface area contributed by atoms with Crippen molar-refractivity contribution in [3.8, 4) is 0 Å². The van der Waals surface area contributed by atoms with Crippen LogP contribution in [0.15, 0.2) is 24.3 Å². The van der Waals surface area contributed by atoms with E-state index in [9.17, 15) is 19.7 Å². The third-order valence-electron chi connectivity index (χ3n) is 4.56. The van der Waals surface area contributed by atoms with Crippen LogP contribution in [0.3, 0.4) is 0 Å². The number of hydrogen-bond donors (Lipinski definition) is 1. The molecule has 0 saturated carbocycles. The smallest absolute Gasteiger partial charge is 0.341 e. The van der Waals surface area contributed by atoms with Crippen molar-refractivity contribution in [2.75, 3.05) is 11.9 Å². The lowest BCUT2D eigenvalue weighted by molar-refractivity contribution is -0.385. The molecular formula is C19H20N2O5S. The molecule has 1 aliphatic rings. The summed E-state index contributed by atoms with van der Waals surface area (Å²) >= 11 is 1.35. The van der Waals surface area contributed by atoms with Gasteiger partial charge in [-0.3, -0.25) is 14.9 Å². The minimum atomic E-state index is -0.612. The maximum atomic E-state index is 12.7. The molecule has 1 N–H and O–H groups in total. The maximum absolute atomic E-state index is 12.7. The van der Waals surface area contributed by atoms with E-state index in [4.69, 9.17) is 4.74 Å². The number of fused-ring (bicyclic) bond motifs is 1. The minimum Gasteiger partial charge on any atom is -0.462 e. The Kier molecular flexibility index (Phi) is 5.55. The first-order valence-corrected chi connectivity index (χ1v) is 9.60. The highest BCUT2D eigenvalue weighted by Crippen LogP contribution is 2.40. The van der Waals surface area contributed by atoms with Crippen LogP contribution >= 0.6 is 11.3 Å². The molecule has 0 aliphatic heterocycles. The normalized spacial score (nSPS) is 15.7. The van der Waals surface area contributed by atoms with E-state index in [-0.39, 0.29) is 17.9 Å². The molecule has 7 nitrogen and oxygen atoms in total. The van der Waals surface area contributed by atoms with E-state index >= 15 is 0 Å². The van der Waals surface area contributed by atoms with Gasteiger partial charge in [-0.1, -0.05) is 19.1 Å². The topological polar surface area (TPSA) is 98.5 Å². The number of esters is 1. The number of thiophene rings is 1. The van der Waals surface area contributed by atoms with E-state index in [2.05, 4.69) is 12.2 Å². The second-order valence-corrected chi connectivity index (χ2v) is 7.61. The van der Waals surface area contributed by atoms with Crippen LogP contribution in [0.25, 0.3) is 0 Å². The lowest BCUT2D eigenvalue weighted by Gasteiger charge is -2.18. The Morgan fingerprint density at radius 2 is 2.11 bits per heavy atom. The fourth-order valence-electron chi connectivity index (χ4n) is 3.25. The Morgan fingerprint density at radius 3 is 2.81 bits per heavy atom. The summed E-state index contributed by atoms with van der Waals surface area (Å²) in [4.78, 5) is 36.8. The Balaban J connectivity index is 1.98. The third kappa shape index (κ3) is 3.85. The van der Waals surface area contributed by atoms with Crippen molar-refractivity contribution in [2.45, 2.75) is 33.1 Å². The minimum absolute atomic E-state index is 0.0444. The fraction of sp³-hybridized carbons (Fsp3) is 0.368. The van der Waals surface area contributed by atoms with Crippen molar-refractivity contribution in [3.05, 3.63) is 55.9 Å². The van der Waals surface area contributed by atoms with Crippen LogP contribution in [-0.2, 0) is 17.6 Å². The largest absolute Gasteiger partial charge is 0.462 e. The number of nitro groups is 1. The van der Waals surface area contributed by atoms with Crippen LogP contribution in [0, 0.1) is 16.0 Å². The monoisotopic (exact) mass is 388 g/mol. The van der Waals surface area contributed by atoms with Crippen LogP contribution in [0.4, 0.5) is 10.7 Å². The number of rotatable bonds is 5. The van der Waals surface area contributed by atoms with Gasteiger partial charge >= 0.3 is 5.97 Å². The molecule has 1 aromatic heterocycles. The lowest BCUT2D eigenvalue weighted by atomic mass is 9.88. The van der Waals surface area contributed by atoms with Gasteiger partial charge in [-0.2, -0.15) is 0 Å². The molecule has 0 fully saturated rings. The van der Waals surface area contributed by atoms with Crippen molar-refractivity contribution < 1.29 is 19.2 Å². The highest BCUT2D eigenvalue weighted by atomic mass is 32.1. The second kappa shape index (κ2) is 7.87. The van der Waals surface area contributed by atoms with Crippen LogP contribution in [-0.4, -0.2) is 23.4 Å². The van der Waals surface area contributed by atoms with Crippen molar-refractivity contribution in [3.63, 3.8) is 0 Å². The third-order valence-corrected chi connectivity index (χ3v) is 5.73. The molecule has 1 heterocycles. The number of benzene rings is 1. The molecule has 1 aromatic carbocycles. The lowest BCUT2D eigenvalue weighted by Crippen LogP contribution is -2.17. The number of nitrogens with one attached hydrogen (secondary N) is 1. The summed E-state index contributed by atoms with van der Waals surface area (Å²) in [5.41, 5.74) is 0.991. The molecule has 0 unspecified atom stereocenters. The van der Waals surface area contributed by atoms with E-state index in [1.807, 2.05) is 0 Å². The van der Waals surface area contributed by atoms with Crippen LogP contribution in [0.5, 0.6) is 0 Å².